The first-order valence-electron chi connectivity index (χ1n) is 8.99. The van der Waals surface area contributed by atoms with E-state index in [0.29, 0.717) is 37.0 Å². The van der Waals surface area contributed by atoms with Gasteiger partial charge in [-0.2, -0.15) is 4.98 Å². The molecular weight excluding hydrogens is 316 g/mol. The molecule has 1 fully saturated rings. The minimum Gasteiger partial charge on any atom is -0.341 e. The molecule has 134 valence electrons. The van der Waals surface area contributed by atoms with Crippen LogP contribution in [-0.2, 0) is 11.2 Å². The molecule has 0 spiro atoms. The Kier molecular flexibility index (Phi) is 5.48. The Labute approximate surface area is 148 Å². The van der Waals surface area contributed by atoms with Crippen molar-refractivity contribution >= 4 is 5.91 Å². The molecule has 1 atom stereocenters. The topological polar surface area (TPSA) is 85.2 Å². The highest BCUT2D eigenvalue weighted by Crippen LogP contribution is 2.21. The summed E-state index contributed by atoms with van der Waals surface area (Å²) in [6.45, 7) is 5.77. The molecule has 2 aromatic rings. The summed E-state index contributed by atoms with van der Waals surface area (Å²) >= 11 is 0. The molecule has 0 radical (unpaired) electrons. The van der Waals surface area contributed by atoms with E-state index in [1.54, 1.807) is 0 Å². The molecule has 1 aliphatic rings. The van der Waals surface area contributed by atoms with Gasteiger partial charge in [-0.25, -0.2) is 0 Å². The molecule has 25 heavy (non-hydrogen) atoms. The second-order valence-corrected chi connectivity index (χ2v) is 7.03. The molecule has 2 heterocycles. The molecule has 6 nitrogen and oxygen atoms in total. The SMILES string of the molecule is CC(C)c1ccc(-c2noc(CCC(=O)N3CCCC(N)C3)n2)cc1. The maximum absolute atomic E-state index is 12.3. The first-order valence-corrected chi connectivity index (χ1v) is 8.99. The number of aryl methyl sites for hydroxylation is 1. The fourth-order valence-corrected chi connectivity index (χ4v) is 3.10. The zero-order valence-corrected chi connectivity index (χ0v) is 14.9. The van der Waals surface area contributed by atoms with Crippen LogP contribution in [0.25, 0.3) is 11.4 Å². The predicted octanol–water partition coefficient (Wildman–Crippen LogP) is 2.74. The van der Waals surface area contributed by atoms with Crippen molar-refractivity contribution in [3.63, 3.8) is 0 Å². The summed E-state index contributed by atoms with van der Waals surface area (Å²) in [5.41, 5.74) is 8.13. The lowest BCUT2D eigenvalue weighted by Gasteiger charge is -2.30. The number of rotatable bonds is 5. The highest BCUT2D eigenvalue weighted by atomic mass is 16.5. The molecule has 1 aliphatic heterocycles. The largest absolute Gasteiger partial charge is 0.341 e. The Morgan fingerprint density at radius 3 is 2.80 bits per heavy atom. The second kappa shape index (κ2) is 7.78. The van der Waals surface area contributed by atoms with Crippen molar-refractivity contribution in [2.75, 3.05) is 13.1 Å². The van der Waals surface area contributed by atoms with E-state index in [-0.39, 0.29) is 11.9 Å². The van der Waals surface area contributed by atoms with Gasteiger partial charge in [0.15, 0.2) is 0 Å². The van der Waals surface area contributed by atoms with Crippen molar-refractivity contribution in [1.82, 2.24) is 15.0 Å². The predicted molar refractivity (Wildman–Crippen MR) is 95.9 cm³/mol. The van der Waals surface area contributed by atoms with Crippen molar-refractivity contribution in [2.45, 2.75) is 51.5 Å². The van der Waals surface area contributed by atoms with Gasteiger partial charge >= 0.3 is 0 Å². The Morgan fingerprint density at radius 1 is 1.36 bits per heavy atom. The van der Waals surface area contributed by atoms with Crippen LogP contribution >= 0.6 is 0 Å². The first kappa shape index (κ1) is 17.6. The van der Waals surface area contributed by atoms with E-state index in [0.717, 1.165) is 24.9 Å². The van der Waals surface area contributed by atoms with Crippen LogP contribution in [0.1, 0.15) is 50.5 Å². The first-order chi connectivity index (χ1) is 12.0. The van der Waals surface area contributed by atoms with Crippen molar-refractivity contribution in [3.8, 4) is 11.4 Å². The van der Waals surface area contributed by atoms with Crippen molar-refractivity contribution in [1.29, 1.82) is 0 Å². The average molecular weight is 342 g/mol. The van der Waals surface area contributed by atoms with Crippen LogP contribution in [0.5, 0.6) is 0 Å². The zero-order valence-electron chi connectivity index (χ0n) is 14.9. The number of benzene rings is 1. The van der Waals surface area contributed by atoms with E-state index in [2.05, 4.69) is 36.1 Å². The molecule has 6 heteroatoms. The number of nitrogens with zero attached hydrogens (tertiary/aromatic N) is 3. The van der Waals surface area contributed by atoms with E-state index in [4.69, 9.17) is 10.3 Å². The molecule has 1 saturated heterocycles. The zero-order chi connectivity index (χ0) is 17.8. The van der Waals surface area contributed by atoms with Crippen LogP contribution in [0.4, 0.5) is 0 Å². The number of likely N-dealkylation sites (tertiary alicyclic amines) is 1. The van der Waals surface area contributed by atoms with Gasteiger partial charge in [0, 0.05) is 37.5 Å². The normalized spacial score (nSPS) is 17.9. The Hall–Kier alpha value is -2.21. The molecule has 2 N–H and O–H groups in total. The number of carbonyl (C=O) groups is 1. The van der Waals surface area contributed by atoms with Gasteiger partial charge in [0.2, 0.25) is 17.6 Å². The molecule has 1 unspecified atom stereocenters. The van der Waals surface area contributed by atoms with Crippen LogP contribution in [0.2, 0.25) is 0 Å². The van der Waals surface area contributed by atoms with Crippen molar-refractivity contribution in [3.05, 3.63) is 35.7 Å². The molecular formula is C19H26N4O2. The highest BCUT2D eigenvalue weighted by molar-refractivity contribution is 5.76. The second-order valence-electron chi connectivity index (χ2n) is 7.03. The lowest BCUT2D eigenvalue weighted by Crippen LogP contribution is -2.45. The standard InChI is InChI=1S/C19H26N4O2/c1-13(2)14-5-7-15(8-6-14)19-21-17(25-22-19)9-10-18(24)23-11-3-4-16(20)12-23/h5-8,13,16H,3-4,9-12,20H2,1-2H3. The molecule has 0 saturated carbocycles. The van der Waals surface area contributed by atoms with Gasteiger partial charge in [-0.1, -0.05) is 43.3 Å². The van der Waals surface area contributed by atoms with Crippen LogP contribution in [0, 0.1) is 0 Å². The maximum Gasteiger partial charge on any atom is 0.227 e. The van der Waals surface area contributed by atoms with Gasteiger partial charge in [-0.05, 0) is 24.3 Å². The number of amides is 1. The fraction of sp³-hybridized carbons (Fsp3) is 0.526. The van der Waals surface area contributed by atoms with Crippen LogP contribution in [0.15, 0.2) is 28.8 Å². The number of piperidine rings is 1. The van der Waals surface area contributed by atoms with E-state index in [9.17, 15) is 4.79 Å². The average Bonchev–Trinajstić information content (AvgIpc) is 3.08. The molecule has 0 bridgehead atoms. The van der Waals surface area contributed by atoms with Gasteiger partial charge in [-0.15, -0.1) is 0 Å². The van der Waals surface area contributed by atoms with E-state index in [1.165, 1.54) is 5.56 Å². The van der Waals surface area contributed by atoms with Gasteiger partial charge in [0.05, 0.1) is 0 Å². The van der Waals surface area contributed by atoms with E-state index in [1.807, 2.05) is 17.0 Å². The highest BCUT2D eigenvalue weighted by Gasteiger charge is 2.21. The van der Waals surface area contributed by atoms with Gasteiger partial charge < -0.3 is 15.2 Å². The molecule has 1 amide bonds. The third-order valence-corrected chi connectivity index (χ3v) is 4.67. The minimum atomic E-state index is 0.0986. The third kappa shape index (κ3) is 4.45. The van der Waals surface area contributed by atoms with Crippen molar-refractivity contribution < 1.29 is 9.32 Å². The van der Waals surface area contributed by atoms with Gasteiger partial charge in [-0.3, -0.25) is 4.79 Å². The summed E-state index contributed by atoms with van der Waals surface area (Å²) < 4.78 is 5.30. The summed E-state index contributed by atoms with van der Waals surface area (Å²) in [7, 11) is 0. The summed E-state index contributed by atoms with van der Waals surface area (Å²) in [6, 6.07) is 8.27. The van der Waals surface area contributed by atoms with Crippen molar-refractivity contribution in [2.24, 2.45) is 5.73 Å². The monoisotopic (exact) mass is 342 g/mol. The summed E-state index contributed by atoms with van der Waals surface area (Å²) in [4.78, 5) is 18.5. The molecule has 1 aromatic heterocycles. The van der Waals surface area contributed by atoms with E-state index >= 15 is 0 Å². The van der Waals surface area contributed by atoms with Gasteiger partial charge in [0.1, 0.15) is 0 Å². The van der Waals surface area contributed by atoms with E-state index < -0.39 is 0 Å². The Bertz CT molecular complexity index is 708. The Balaban J connectivity index is 1.57. The molecule has 0 aliphatic carbocycles. The minimum absolute atomic E-state index is 0.0986. The van der Waals surface area contributed by atoms with Gasteiger partial charge in [0.25, 0.3) is 0 Å². The number of hydrogen-bond acceptors (Lipinski definition) is 5. The maximum atomic E-state index is 12.3. The number of aromatic nitrogens is 2. The summed E-state index contributed by atoms with van der Waals surface area (Å²) in [6.07, 6.45) is 2.80. The smallest absolute Gasteiger partial charge is 0.227 e. The number of carbonyl (C=O) groups excluding carboxylic acids is 1. The fourth-order valence-electron chi connectivity index (χ4n) is 3.10. The quantitative estimate of drug-likeness (QED) is 0.903. The third-order valence-electron chi connectivity index (χ3n) is 4.67. The Morgan fingerprint density at radius 2 is 2.12 bits per heavy atom. The molecule has 3 rings (SSSR count). The van der Waals surface area contributed by atoms with Crippen LogP contribution in [0.3, 0.4) is 0 Å². The number of nitrogens with two attached hydrogens (primary N) is 1. The lowest BCUT2D eigenvalue weighted by molar-refractivity contribution is -0.132. The van der Waals surface area contributed by atoms with Crippen LogP contribution in [-0.4, -0.2) is 40.1 Å². The summed E-state index contributed by atoms with van der Waals surface area (Å²) in [5.74, 6) is 1.66. The number of hydrogen-bond donors (Lipinski definition) is 1. The lowest BCUT2D eigenvalue weighted by atomic mass is 10.0. The molecule has 1 aromatic carbocycles. The van der Waals surface area contributed by atoms with Crippen LogP contribution < -0.4 is 5.73 Å². The summed E-state index contributed by atoms with van der Waals surface area (Å²) in [5, 5.41) is 4.03.